The molecule has 0 aliphatic rings. The van der Waals surface area contributed by atoms with Crippen LogP contribution in [0.4, 0.5) is 4.39 Å². The van der Waals surface area contributed by atoms with Gasteiger partial charge in [0.2, 0.25) is 0 Å². The van der Waals surface area contributed by atoms with Crippen molar-refractivity contribution < 1.29 is 9.13 Å². The van der Waals surface area contributed by atoms with E-state index in [9.17, 15) is 4.39 Å². The van der Waals surface area contributed by atoms with Crippen molar-refractivity contribution in [1.82, 2.24) is 0 Å². The zero-order valence-electron chi connectivity index (χ0n) is 9.71. The zero-order chi connectivity index (χ0) is 13.1. The second-order valence-corrected chi connectivity index (χ2v) is 4.57. The molecular weight excluding hydrogens is 274 g/mol. The summed E-state index contributed by atoms with van der Waals surface area (Å²) in [6.07, 6.45) is 0. The van der Waals surface area contributed by atoms with E-state index in [1.807, 2.05) is 0 Å². The number of halogens is 3. The molecule has 18 heavy (non-hydrogen) atoms. The Balaban J connectivity index is 2.23. The van der Waals surface area contributed by atoms with Crippen molar-refractivity contribution >= 4 is 23.2 Å². The van der Waals surface area contributed by atoms with Gasteiger partial charge in [-0.2, -0.15) is 0 Å². The van der Waals surface area contributed by atoms with E-state index in [2.05, 4.69) is 0 Å². The van der Waals surface area contributed by atoms with Crippen LogP contribution < -0.4 is 4.74 Å². The first-order chi connectivity index (χ1) is 8.60. The number of benzene rings is 2. The van der Waals surface area contributed by atoms with E-state index in [4.69, 9.17) is 27.9 Å². The summed E-state index contributed by atoms with van der Waals surface area (Å²) in [6.45, 7) is 1.69. The minimum absolute atomic E-state index is 0.252. The molecule has 0 aliphatic heterocycles. The second-order valence-electron chi connectivity index (χ2n) is 3.90. The monoisotopic (exact) mass is 284 g/mol. The number of ether oxygens (including phenoxy) is 1. The average Bonchev–Trinajstić information content (AvgIpc) is 2.34. The maximum Gasteiger partial charge on any atom is 0.128 e. The van der Waals surface area contributed by atoms with E-state index in [1.54, 1.807) is 37.3 Å². The van der Waals surface area contributed by atoms with Crippen molar-refractivity contribution in [2.75, 3.05) is 0 Å². The summed E-state index contributed by atoms with van der Waals surface area (Å²) in [5, 5.41) is 0.557. The summed E-state index contributed by atoms with van der Waals surface area (Å²) < 4.78 is 18.7. The Morgan fingerprint density at radius 2 is 1.78 bits per heavy atom. The van der Waals surface area contributed by atoms with Gasteiger partial charge < -0.3 is 4.74 Å². The minimum Gasteiger partial charge on any atom is -0.457 e. The van der Waals surface area contributed by atoms with Gasteiger partial charge in [0.1, 0.15) is 17.3 Å². The molecule has 0 aliphatic carbocycles. The van der Waals surface area contributed by atoms with Gasteiger partial charge in [-0.15, -0.1) is 11.6 Å². The van der Waals surface area contributed by atoms with Crippen molar-refractivity contribution in [2.45, 2.75) is 12.8 Å². The smallest absolute Gasteiger partial charge is 0.128 e. The zero-order valence-corrected chi connectivity index (χ0v) is 11.2. The van der Waals surface area contributed by atoms with Crippen LogP contribution in [0, 0.1) is 12.7 Å². The summed E-state index contributed by atoms with van der Waals surface area (Å²) in [7, 11) is 0. The Morgan fingerprint density at radius 3 is 2.39 bits per heavy atom. The maximum absolute atomic E-state index is 13.1. The van der Waals surface area contributed by atoms with Gasteiger partial charge >= 0.3 is 0 Å². The highest BCUT2D eigenvalue weighted by Gasteiger charge is 2.04. The van der Waals surface area contributed by atoms with E-state index >= 15 is 0 Å². The highest BCUT2D eigenvalue weighted by Crippen LogP contribution is 2.28. The summed E-state index contributed by atoms with van der Waals surface area (Å²) in [4.78, 5) is 0. The van der Waals surface area contributed by atoms with Gasteiger partial charge in [0.25, 0.3) is 0 Å². The molecule has 0 fully saturated rings. The lowest BCUT2D eigenvalue weighted by Crippen LogP contribution is -1.88. The Kier molecular flexibility index (Phi) is 4.10. The van der Waals surface area contributed by atoms with Crippen LogP contribution in [0.5, 0.6) is 11.5 Å². The van der Waals surface area contributed by atoms with E-state index in [0.717, 1.165) is 5.56 Å². The van der Waals surface area contributed by atoms with Crippen molar-refractivity contribution in [3.05, 3.63) is 58.4 Å². The summed E-state index contributed by atoms with van der Waals surface area (Å²) in [5.74, 6) is 1.27. The molecule has 0 atom stereocenters. The Hall–Kier alpha value is -1.25. The third-order valence-corrected chi connectivity index (χ3v) is 3.17. The van der Waals surface area contributed by atoms with Crippen LogP contribution in [0.25, 0.3) is 0 Å². The third kappa shape index (κ3) is 2.95. The van der Waals surface area contributed by atoms with Crippen LogP contribution in [0.15, 0.2) is 36.4 Å². The maximum atomic E-state index is 13.1. The van der Waals surface area contributed by atoms with Crippen LogP contribution in [0.3, 0.4) is 0 Å². The first-order valence-electron chi connectivity index (χ1n) is 5.38. The lowest BCUT2D eigenvalue weighted by atomic mass is 10.2. The molecule has 94 valence electrons. The van der Waals surface area contributed by atoms with E-state index in [0.29, 0.717) is 28.0 Å². The van der Waals surface area contributed by atoms with Gasteiger partial charge in [0.15, 0.2) is 0 Å². The predicted octanol–water partition coefficient (Wildman–Crippen LogP) is 5.32. The molecule has 0 unspecified atom stereocenters. The van der Waals surface area contributed by atoms with Crippen LogP contribution in [-0.2, 0) is 5.88 Å². The Morgan fingerprint density at radius 1 is 1.11 bits per heavy atom. The van der Waals surface area contributed by atoms with Crippen molar-refractivity contribution in [3.63, 3.8) is 0 Å². The standard InChI is InChI=1S/C14H11Cl2FO/c1-9-6-11(4-5-14(9)17)18-12-3-2-10(8-15)13(16)7-12/h2-7H,8H2,1H3. The molecule has 0 radical (unpaired) electrons. The highest BCUT2D eigenvalue weighted by atomic mass is 35.5. The lowest BCUT2D eigenvalue weighted by molar-refractivity contribution is 0.479. The molecule has 2 aromatic carbocycles. The van der Waals surface area contributed by atoms with Crippen molar-refractivity contribution in [2.24, 2.45) is 0 Å². The first kappa shape index (κ1) is 13.2. The quantitative estimate of drug-likeness (QED) is 0.693. The second kappa shape index (κ2) is 5.59. The molecule has 0 aromatic heterocycles. The molecule has 2 aromatic rings. The van der Waals surface area contributed by atoms with Gasteiger partial charge in [-0.05, 0) is 48.4 Å². The normalized spacial score (nSPS) is 10.4. The molecule has 0 heterocycles. The van der Waals surface area contributed by atoms with Gasteiger partial charge in [0, 0.05) is 10.9 Å². The number of hydrogen-bond acceptors (Lipinski definition) is 1. The fraction of sp³-hybridized carbons (Fsp3) is 0.143. The number of rotatable bonds is 3. The molecular formula is C14H11Cl2FO. The van der Waals surface area contributed by atoms with Crippen LogP contribution >= 0.6 is 23.2 Å². The number of aryl methyl sites for hydroxylation is 1. The fourth-order valence-corrected chi connectivity index (χ4v) is 2.06. The highest BCUT2D eigenvalue weighted by molar-refractivity contribution is 6.32. The molecule has 0 spiro atoms. The van der Waals surface area contributed by atoms with E-state index in [1.165, 1.54) is 6.07 Å². The minimum atomic E-state index is -0.252. The Labute approximate surface area is 115 Å². The molecule has 2 rings (SSSR count). The van der Waals surface area contributed by atoms with Gasteiger partial charge in [-0.1, -0.05) is 17.7 Å². The van der Waals surface area contributed by atoms with Gasteiger partial charge in [-0.3, -0.25) is 0 Å². The predicted molar refractivity (Wildman–Crippen MR) is 72.2 cm³/mol. The van der Waals surface area contributed by atoms with E-state index < -0.39 is 0 Å². The van der Waals surface area contributed by atoms with Gasteiger partial charge in [-0.25, -0.2) is 4.39 Å². The Bertz CT molecular complexity index is 570. The molecule has 0 saturated carbocycles. The summed E-state index contributed by atoms with van der Waals surface area (Å²) in [6, 6.07) is 9.87. The SMILES string of the molecule is Cc1cc(Oc2ccc(CCl)c(Cl)c2)ccc1F. The third-order valence-electron chi connectivity index (χ3n) is 2.53. The molecule has 0 saturated heterocycles. The lowest BCUT2D eigenvalue weighted by Gasteiger charge is -2.08. The molecule has 4 heteroatoms. The number of hydrogen-bond donors (Lipinski definition) is 0. The molecule has 0 N–H and O–H groups in total. The van der Waals surface area contributed by atoms with E-state index in [-0.39, 0.29) is 5.82 Å². The topological polar surface area (TPSA) is 9.23 Å². The largest absolute Gasteiger partial charge is 0.457 e. The molecule has 0 bridgehead atoms. The number of alkyl halides is 1. The van der Waals surface area contributed by atoms with Crippen molar-refractivity contribution in [3.8, 4) is 11.5 Å². The van der Waals surface area contributed by atoms with Crippen LogP contribution in [0.1, 0.15) is 11.1 Å². The fourth-order valence-electron chi connectivity index (χ4n) is 1.52. The first-order valence-corrected chi connectivity index (χ1v) is 6.30. The molecule has 0 amide bonds. The van der Waals surface area contributed by atoms with Crippen LogP contribution in [0.2, 0.25) is 5.02 Å². The van der Waals surface area contributed by atoms with Crippen molar-refractivity contribution in [1.29, 1.82) is 0 Å². The molecule has 1 nitrogen and oxygen atoms in total. The van der Waals surface area contributed by atoms with Gasteiger partial charge in [0.05, 0.1) is 0 Å². The average molecular weight is 285 g/mol. The summed E-state index contributed by atoms with van der Waals surface area (Å²) >= 11 is 11.7. The summed E-state index contributed by atoms with van der Waals surface area (Å²) in [5.41, 5.74) is 1.39. The van der Waals surface area contributed by atoms with Crippen LogP contribution in [-0.4, -0.2) is 0 Å².